The van der Waals surface area contributed by atoms with E-state index in [1.807, 2.05) is 0 Å². The van der Waals surface area contributed by atoms with E-state index in [4.69, 9.17) is 4.74 Å². The Morgan fingerprint density at radius 1 is 1.24 bits per heavy atom. The van der Waals surface area contributed by atoms with Gasteiger partial charge in [0.15, 0.2) is 0 Å². The Labute approximate surface area is 137 Å². The van der Waals surface area contributed by atoms with Gasteiger partial charge in [-0.2, -0.15) is 0 Å². The zero-order valence-electron chi connectivity index (χ0n) is 13.7. The third-order valence-corrected chi connectivity index (χ3v) is 5.21. The van der Waals surface area contributed by atoms with Crippen LogP contribution < -0.4 is 10.1 Å². The van der Waals surface area contributed by atoms with Gasteiger partial charge in [0.25, 0.3) is 0 Å². The first-order valence-electron chi connectivity index (χ1n) is 8.14. The van der Waals surface area contributed by atoms with Crippen molar-refractivity contribution in [1.82, 2.24) is 5.32 Å². The molecule has 1 saturated carbocycles. The summed E-state index contributed by atoms with van der Waals surface area (Å²) in [6.07, 6.45) is 3.96. The van der Waals surface area contributed by atoms with Crippen molar-refractivity contribution in [3.8, 4) is 5.75 Å². The maximum absolute atomic E-state index is 6.38. The highest BCUT2D eigenvalue weighted by atomic mass is 79.9. The van der Waals surface area contributed by atoms with Gasteiger partial charge < -0.3 is 10.1 Å². The van der Waals surface area contributed by atoms with E-state index in [9.17, 15) is 0 Å². The van der Waals surface area contributed by atoms with Crippen LogP contribution in [0.3, 0.4) is 0 Å². The van der Waals surface area contributed by atoms with Crippen LogP contribution in [0.15, 0.2) is 22.7 Å². The number of nitrogens with one attached hydrogen (secondary N) is 1. The molecular weight excluding hydrogens is 326 g/mol. The summed E-state index contributed by atoms with van der Waals surface area (Å²) in [5.74, 6) is 2.60. The van der Waals surface area contributed by atoms with Gasteiger partial charge in [-0.3, -0.25) is 0 Å². The number of benzene rings is 1. The molecule has 0 aliphatic heterocycles. The maximum Gasteiger partial charge on any atom is 0.138 e. The number of hydrogen-bond donors (Lipinski definition) is 1. The summed E-state index contributed by atoms with van der Waals surface area (Å²) in [6, 6.07) is 6.79. The lowest BCUT2D eigenvalue weighted by Gasteiger charge is -2.33. The number of rotatable bonds is 5. The van der Waals surface area contributed by atoms with Crippen LogP contribution in [-0.2, 0) is 6.54 Å². The van der Waals surface area contributed by atoms with Crippen LogP contribution in [0.1, 0.15) is 52.5 Å². The minimum atomic E-state index is 0.354. The lowest BCUT2D eigenvalue weighted by molar-refractivity contribution is 0.0988. The lowest BCUT2D eigenvalue weighted by atomic mass is 9.80. The summed E-state index contributed by atoms with van der Waals surface area (Å²) in [5, 5.41) is 3.48. The lowest BCUT2D eigenvalue weighted by Crippen LogP contribution is -2.29. The molecule has 0 aromatic heterocycles. The van der Waals surface area contributed by atoms with Crippen molar-refractivity contribution in [2.24, 2.45) is 11.8 Å². The topological polar surface area (TPSA) is 21.3 Å². The highest BCUT2D eigenvalue weighted by Crippen LogP contribution is 2.35. The molecule has 0 spiro atoms. The fourth-order valence-electron chi connectivity index (χ4n) is 2.91. The van der Waals surface area contributed by atoms with E-state index < -0.39 is 0 Å². The highest BCUT2D eigenvalue weighted by molar-refractivity contribution is 9.10. The first-order valence-corrected chi connectivity index (χ1v) is 8.94. The van der Waals surface area contributed by atoms with Crippen LogP contribution in [0.2, 0.25) is 0 Å². The molecular formula is C18H28BrNO. The molecule has 3 unspecified atom stereocenters. The zero-order chi connectivity index (χ0) is 15.4. The van der Waals surface area contributed by atoms with Gasteiger partial charge in [0.05, 0.1) is 10.6 Å². The average Bonchev–Trinajstić information content (AvgIpc) is 2.43. The van der Waals surface area contributed by atoms with E-state index >= 15 is 0 Å². The molecule has 1 N–H and O–H groups in total. The number of para-hydroxylation sites is 1. The molecule has 3 atom stereocenters. The maximum atomic E-state index is 6.38. The van der Waals surface area contributed by atoms with E-state index in [-0.39, 0.29) is 0 Å². The first-order chi connectivity index (χ1) is 9.97. The van der Waals surface area contributed by atoms with Gasteiger partial charge in [-0.15, -0.1) is 0 Å². The second-order valence-electron chi connectivity index (χ2n) is 6.77. The SMILES string of the molecule is CC(C)NCc1cccc(Br)c1OC1CCC(C)C(C)C1. The van der Waals surface area contributed by atoms with Crippen molar-refractivity contribution in [3.05, 3.63) is 28.2 Å². The number of hydrogen-bond acceptors (Lipinski definition) is 2. The molecule has 1 aromatic carbocycles. The molecule has 21 heavy (non-hydrogen) atoms. The Morgan fingerprint density at radius 2 is 2.00 bits per heavy atom. The van der Waals surface area contributed by atoms with Crippen molar-refractivity contribution in [2.45, 2.75) is 65.6 Å². The summed E-state index contributed by atoms with van der Waals surface area (Å²) in [5.41, 5.74) is 1.24. The van der Waals surface area contributed by atoms with Gasteiger partial charge in [-0.1, -0.05) is 39.8 Å². The third kappa shape index (κ3) is 4.72. The molecule has 2 nitrogen and oxygen atoms in total. The van der Waals surface area contributed by atoms with Crippen LogP contribution >= 0.6 is 15.9 Å². The number of halogens is 1. The van der Waals surface area contributed by atoms with Gasteiger partial charge >= 0.3 is 0 Å². The second kappa shape index (κ2) is 7.64. The fourth-order valence-corrected chi connectivity index (χ4v) is 3.41. The predicted molar refractivity (Wildman–Crippen MR) is 92.7 cm³/mol. The van der Waals surface area contributed by atoms with E-state index in [0.717, 1.165) is 28.6 Å². The molecule has 1 fully saturated rings. The minimum Gasteiger partial charge on any atom is -0.489 e. The summed E-state index contributed by atoms with van der Waals surface area (Å²) in [6.45, 7) is 9.90. The summed E-state index contributed by atoms with van der Waals surface area (Å²) < 4.78 is 7.45. The standard InChI is InChI=1S/C18H28BrNO/c1-12(2)20-11-15-6-5-7-17(19)18(15)21-16-9-8-13(3)14(4)10-16/h5-7,12-14,16,20H,8-11H2,1-4H3. The molecule has 1 aliphatic carbocycles. The van der Waals surface area contributed by atoms with Gasteiger partial charge in [-0.05, 0) is 53.1 Å². The molecule has 0 amide bonds. The summed E-state index contributed by atoms with van der Waals surface area (Å²) in [4.78, 5) is 0. The average molecular weight is 354 g/mol. The molecule has 0 saturated heterocycles. The highest BCUT2D eigenvalue weighted by Gasteiger charge is 2.26. The Hall–Kier alpha value is -0.540. The predicted octanol–water partition coefficient (Wildman–Crippen LogP) is 5.15. The minimum absolute atomic E-state index is 0.354. The molecule has 0 radical (unpaired) electrons. The Morgan fingerprint density at radius 3 is 2.67 bits per heavy atom. The van der Waals surface area contributed by atoms with Crippen molar-refractivity contribution >= 4 is 15.9 Å². The Balaban J connectivity index is 2.08. The molecule has 1 aliphatic rings. The molecule has 0 heterocycles. The zero-order valence-corrected chi connectivity index (χ0v) is 15.2. The first kappa shape index (κ1) is 16.8. The van der Waals surface area contributed by atoms with Crippen molar-refractivity contribution < 1.29 is 4.74 Å². The largest absolute Gasteiger partial charge is 0.489 e. The molecule has 1 aromatic rings. The van der Waals surface area contributed by atoms with Gasteiger partial charge in [0.2, 0.25) is 0 Å². The number of ether oxygens (including phenoxy) is 1. The van der Waals surface area contributed by atoms with Gasteiger partial charge in [-0.25, -0.2) is 0 Å². The van der Waals surface area contributed by atoms with Crippen LogP contribution in [0, 0.1) is 11.8 Å². The summed E-state index contributed by atoms with van der Waals surface area (Å²) in [7, 11) is 0. The van der Waals surface area contributed by atoms with Crippen LogP contribution in [-0.4, -0.2) is 12.1 Å². The Bertz CT molecular complexity index is 461. The normalized spacial score (nSPS) is 26.1. The van der Waals surface area contributed by atoms with E-state index in [0.29, 0.717) is 12.1 Å². The molecule has 118 valence electrons. The summed E-state index contributed by atoms with van der Waals surface area (Å²) >= 11 is 3.66. The molecule has 0 bridgehead atoms. The van der Waals surface area contributed by atoms with Crippen LogP contribution in [0.5, 0.6) is 5.75 Å². The molecule has 2 rings (SSSR count). The van der Waals surface area contributed by atoms with E-state index in [1.54, 1.807) is 0 Å². The van der Waals surface area contributed by atoms with Crippen molar-refractivity contribution in [1.29, 1.82) is 0 Å². The van der Waals surface area contributed by atoms with Crippen molar-refractivity contribution in [3.63, 3.8) is 0 Å². The van der Waals surface area contributed by atoms with E-state index in [2.05, 4.69) is 67.1 Å². The smallest absolute Gasteiger partial charge is 0.138 e. The van der Waals surface area contributed by atoms with Gasteiger partial charge in [0.1, 0.15) is 5.75 Å². The Kier molecular flexibility index (Phi) is 6.12. The monoisotopic (exact) mass is 353 g/mol. The van der Waals surface area contributed by atoms with Crippen LogP contribution in [0.25, 0.3) is 0 Å². The fraction of sp³-hybridized carbons (Fsp3) is 0.667. The van der Waals surface area contributed by atoms with Crippen LogP contribution in [0.4, 0.5) is 0 Å². The molecule has 3 heteroatoms. The van der Waals surface area contributed by atoms with Gasteiger partial charge in [0, 0.05) is 18.2 Å². The quantitative estimate of drug-likeness (QED) is 0.789. The van der Waals surface area contributed by atoms with E-state index in [1.165, 1.54) is 24.8 Å². The second-order valence-corrected chi connectivity index (χ2v) is 7.63. The van der Waals surface area contributed by atoms with Crippen molar-refractivity contribution in [2.75, 3.05) is 0 Å². The third-order valence-electron chi connectivity index (χ3n) is 4.58.